The second-order valence-corrected chi connectivity index (χ2v) is 10.5. The third-order valence-corrected chi connectivity index (χ3v) is 7.76. The van der Waals surface area contributed by atoms with Crippen molar-refractivity contribution in [3.05, 3.63) is 83.6 Å². The molecule has 1 N–H and O–H groups in total. The number of hydrogen-bond donors (Lipinski definition) is 1. The quantitative estimate of drug-likeness (QED) is 0.467. The van der Waals surface area contributed by atoms with Crippen LogP contribution < -0.4 is 14.8 Å². The van der Waals surface area contributed by atoms with Gasteiger partial charge in [0.25, 0.3) is 0 Å². The highest BCUT2D eigenvalue weighted by Crippen LogP contribution is 2.26. The molecular weight excluding hydrogens is 450 g/mol. The number of sulfonamides is 1. The lowest BCUT2D eigenvalue weighted by molar-refractivity contribution is 0.255. The van der Waals surface area contributed by atoms with Crippen molar-refractivity contribution in [2.24, 2.45) is 5.92 Å². The average Bonchev–Trinajstić information content (AvgIpc) is 3.33. The Kier molecular flexibility index (Phi) is 7.70. The van der Waals surface area contributed by atoms with E-state index in [4.69, 9.17) is 9.47 Å². The predicted molar refractivity (Wildman–Crippen MR) is 134 cm³/mol. The molecule has 0 radical (unpaired) electrons. The maximum atomic E-state index is 13.0. The van der Waals surface area contributed by atoms with Crippen molar-refractivity contribution in [3.63, 3.8) is 0 Å². The molecule has 2 heterocycles. The SMILES string of the molecule is CNc1cc(OC[C@H]2CCN(S(=O)(=O)Cc3ccc(OCc4ccccc4)c(C)c3)C2)ccn1. The van der Waals surface area contributed by atoms with E-state index in [0.717, 1.165) is 40.4 Å². The van der Waals surface area contributed by atoms with Crippen molar-refractivity contribution in [1.82, 2.24) is 9.29 Å². The summed E-state index contributed by atoms with van der Waals surface area (Å²) in [7, 11) is -1.60. The Morgan fingerprint density at radius 1 is 1.06 bits per heavy atom. The van der Waals surface area contributed by atoms with E-state index in [-0.39, 0.29) is 11.7 Å². The van der Waals surface area contributed by atoms with Gasteiger partial charge in [0.1, 0.15) is 23.9 Å². The molecule has 1 aliphatic rings. The minimum absolute atomic E-state index is 0.0176. The molecule has 1 atom stereocenters. The largest absolute Gasteiger partial charge is 0.493 e. The Balaban J connectivity index is 1.30. The molecule has 0 unspecified atom stereocenters. The molecule has 34 heavy (non-hydrogen) atoms. The minimum atomic E-state index is -3.41. The molecule has 8 heteroatoms. The van der Waals surface area contributed by atoms with E-state index in [1.54, 1.807) is 23.6 Å². The molecule has 0 spiro atoms. The first-order chi connectivity index (χ1) is 16.4. The molecular formula is C26H31N3O4S. The molecule has 1 fully saturated rings. The van der Waals surface area contributed by atoms with Crippen LogP contribution in [0.4, 0.5) is 5.82 Å². The zero-order valence-electron chi connectivity index (χ0n) is 19.6. The summed E-state index contributed by atoms with van der Waals surface area (Å²) in [6, 6.07) is 19.2. The van der Waals surface area contributed by atoms with Gasteiger partial charge in [-0.15, -0.1) is 0 Å². The third kappa shape index (κ3) is 6.27. The van der Waals surface area contributed by atoms with Crippen molar-refractivity contribution >= 4 is 15.8 Å². The molecule has 2 aromatic carbocycles. The van der Waals surface area contributed by atoms with E-state index in [9.17, 15) is 8.42 Å². The highest BCUT2D eigenvalue weighted by molar-refractivity contribution is 7.88. The number of aryl methyl sites for hydroxylation is 1. The third-order valence-electron chi connectivity index (χ3n) is 5.94. The molecule has 0 aliphatic carbocycles. The lowest BCUT2D eigenvalue weighted by atomic mass is 10.1. The number of nitrogens with zero attached hydrogens (tertiary/aromatic N) is 2. The van der Waals surface area contributed by atoms with Crippen molar-refractivity contribution in [2.75, 3.05) is 32.1 Å². The summed E-state index contributed by atoms with van der Waals surface area (Å²) in [5.74, 6) is 2.37. The monoisotopic (exact) mass is 481 g/mol. The van der Waals surface area contributed by atoms with Crippen molar-refractivity contribution in [1.29, 1.82) is 0 Å². The molecule has 0 bridgehead atoms. The summed E-state index contributed by atoms with van der Waals surface area (Å²) in [5, 5.41) is 2.98. The first kappa shape index (κ1) is 24.0. The number of hydrogen-bond acceptors (Lipinski definition) is 6. The molecule has 0 saturated carbocycles. The molecule has 180 valence electrons. The normalized spacial score (nSPS) is 16.4. The van der Waals surface area contributed by atoms with Crippen molar-refractivity contribution < 1.29 is 17.9 Å². The van der Waals surface area contributed by atoms with Crippen LogP contribution in [-0.2, 0) is 22.4 Å². The van der Waals surface area contributed by atoms with E-state index < -0.39 is 10.0 Å². The van der Waals surface area contributed by atoms with E-state index >= 15 is 0 Å². The molecule has 1 aliphatic heterocycles. The van der Waals surface area contributed by atoms with Crippen LogP contribution in [0.1, 0.15) is 23.1 Å². The Labute approximate surface area is 201 Å². The zero-order chi connectivity index (χ0) is 24.0. The fourth-order valence-corrected chi connectivity index (χ4v) is 5.64. The second-order valence-electron chi connectivity index (χ2n) is 8.58. The lowest BCUT2D eigenvalue weighted by Crippen LogP contribution is -2.30. The van der Waals surface area contributed by atoms with E-state index in [1.807, 2.05) is 61.5 Å². The number of rotatable bonds is 10. The molecule has 7 nitrogen and oxygen atoms in total. The van der Waals surface area contributed by atoms with Gasteiger partial charge in [0, 0.05) is 38.3 Å². The molecule has 1 saturated heterocycles. The summed E-state index contributed by atoms with van der Waals surface area (Å²) in [6.45, 7) is 3.89. The lowest BCUT2D eigenvalue weighted by Gasteiger charge is -2.18. The smallest absolute Gasteiger partial charge is 0.218 e. The summed E-state index contributed by atoms with van der Waals surface area (Å²) < 4.78 is 39.5. The minimum Gasteiger partial charge on any atom is -0.493 e. The van der Waals surface area contributed by atoms with E-state index in [2.05, 4.69) is 10.3 Å². The first-order valence-corrected chi connectivity index (χ1v) is 13.0. The standard InChI is InChI=1S/C26H31N3O4S/c1-20-14-22(8-9-25(20)33-17-21-6-4-3-5-7-21)19-34(30,31)29-13-11-23(16-29)18-32-24-10-12-28-26(15-24)27-2/h3-10,12,14-15,23H,11,13,16-19H2,1-2H3,(H,27,28)/t23-/m0/s1. The summed E-state index contributed by atoms with van der Waals surface area (Å²) in [5.41, 5.74) is 2.78. The van der Waals surface area contributed by atoms with Gasteiger partial charge < -0.3 is 14.8 Å². The Morgan fingerprint density at radius 3 is 2.65 bits per heavy atom. The number of benzene rings is 2. The number of ether oxygens (including phenoxy) is 2. The van der Waals surface area contributed by atoms with Crippen LogP contribution in [0, 0.1) is 12.8 Å². The van der Waals surface area contributed by atoms with Crippen LogP contribution >= 0.6 is 0 Å². The summed E-state index contributed by atoms with van der Waals surface area (Å²) >= 11 is 0. The Morgan fingerprint density at radius 2 is 1.88 bits per heavy atom. The highest BCUT2D eigenvalue weighted by atomic mass is 32.2. The van der Waals surface area contributed by atoms with Gasteiger partial charge in [0.05, 0.1) is 12.4 Å². The number of nitrogens with one attached hydrogen (secondary N) is 1. The molecule has 0 amide bonds. The molecule has 3 aromatic rings. The highest BCUT2D eigenvalue weighted by Gasteiger charge is 2.31. The van der Waals surface area contributed by atoms with Crippen LogP contribution in [0.2, 0.25) is 0 Å². The zero-order valence-corrected chi connectivity index (χ0v) is 20.4. The van der Waals surface area contributed by atoms with Crippen molar-refractivity contribution in [3.8, 4) is 11.5 Å². The van der Waals surface area contributed by atoms with Gasteiger partial charge in [0.2, 0.25) is 10.0 Å². The average molecular weight is 482 g/mol. The van der Waals surface area contributed by atoms with Crippen LogP contribution in [0.15, 0.2) is 66.9 Å². The maximum Gasteiger partial charge on any atom is 0.218 e. The van der Waals surface area contributed by atoms with Crippen LogP contribution in [0.3, 0.4) is 0 Å². The van der Waals surface area contributed by atoms with Crippen LogP contribution in [-0.4, -0.2) is 44.5 Å². The Bertz CT molecular complexity index is 1200. The van der Waals surface area contributed by atoms with Crippen LogP contribution in [0.25, 0.3) is 0 Å². The van der Waals surface area contributed by atoms with Gasteiger partial charge in [-0.2, -0.15) is 0 Å². The number of aromatic nitrogens is 1. The van der Waals surface area contributed by atoms with E-state index in [0.29, 0.717) is 26.3 Å². The fraction of sp³-hybridized carbons (Fsp3) is 0.346. The fourth-order valence-electron chi connectivity index (χ4n) is 4.04. The van der Waals surface area contributed by atoms with Gasteiger partial charge in [-0.05, 0) is 42.2 Å². The first-order valence-electron chi connectivity index (χ1n) is 11.4. The topological polar surface area (TPSA) is 80.8 Å². The van der Waals surface area contributed by atoms with Gasteiger partial charge >= 0.3 is 0 Å². The van der Waals surface area contributed by atoms with E-state index in [1.165, 1.54) is 0 Å². The number of pyridine rings is 1. The molecule has 4 rings (SSSR count). The van der Waals surface area contributed by atoms with Gasteiger partial charge in [0.15, 0.2) is 0 Å². The van der Waals surface area contributed by atoms with Gasteiger partial charge in [-0.1, -0.05) is 42.5 Å². The summed E-state index contributed by atoms with van der Waals surface area (Å²) in [4.78, 5) is 4.17. The second kappa shape index (κ2) is 10.9. The predicted octanol–water partition coefficient (Wildman–Crippen LogP) is 4.24. The Hall–Kier alpha value is -3.10. The van der Waals surface area contributed by atoms with Crippen LogP contribution in [0.5, 0.6) is 11.5 Å². The molecule has 1 aromatic heterocycles. The number of anilines is 1. The van der Waals surface area contributed by atoms with Crippen molar-refractivity contribution in [2.45, 2.75) is 25.7 Å². The van der Waals surface area contributed by atoms with Gasteiger partial charge in [-0.25, -0.2) is 17.7 Å². The maximum absolute atomic E-state index is 13.0. The summed E-state index contributed by atoms with van der Waals surface area (Å²) in [6.07, 6.45) is 2.47. The van der Waals surface area contributed by atoms with Gasteiger partial charge in [-0.3, -0.25) is 0 Å².